The molecular formula is C75H124O6. The molecule has 0 fully saturated rings. The highest BCUT2D eigenvalue weighted by atomic mass is 16.6. The van der Waals surface area contributed by atoms with Crippen molar-refractivity contribution in [2.45, 2.75) is 309 Å². The maximum absolute atomic E-state index is 13.0. The van der Waals surface area contributed by atoms with Gasteiger partial charge in [0.25, 0.3) is 0 Å². The Balaban J connectivity index is 4.49. The Morgan fingerprint density at radius 1 is 0.259 bits per heavy atom. The standard InChI is InChI=1S/C75H124O6/c1-4-7-10-13-16-19-22-25-28-31-34-37-40-43-46-49-52-55-58-61-64-67-73(76)79-70-72(81-75(78)69-66-63-60-57-54-51-48-45-42-39-36-33-30-27-24-21-18-15-12-9-6-3)71-80-74(77)68-65-62-59-56-53-50-47-44-41-38-35-32-29-26-23-20-17-14-11-8-5-2/h7,9-10,12,16,18-19,21,25,27-28,30,32,34-37,39,43,46,52,55,72H,4-6,8,11,13-15,17,20,22-24,26,29,31,33,38,40-42,44-45,47-51,53-54,56-71H2,1-3H3/b10-7-,12-9-,19-16-,21-18-,28-25-,30-27-,35-32-,37-34-,39-36-,46-43-,55-52-. The summed E-state index contributed by atoms with van der Waals surface area (Å²) in [6.45, 7) is 6.39. The maximum atomic E-state index is 13.0. The van der Waals surface area contributed by atoms with Crippen LogP contribution in [0.25, 0.3) is 0 Å². The summed E-state index contributed by atoms with van der Waals surface area (Å²) in [4.78, 5) is 38.4. The van der Waals surface area contributed by atoms with Crippen LogP contribution in [0.5, 0.6) is 0 Å². The van der Waals surface area contributed by atoms with Crippen molar-refractivity contribution in [3.63, 3.8) is 0 Å². The predicted molar refractivity (Wildman–Crippen MR) is 353 cm³/mol. The molecule has 0 spiro atoms. The lowest BCUT2D eigenvalue weighted by Gasteiger charge is -2.18. The SMILES string of the molecule is CC/C=C\C/C=C\C/C=C\C/C=C\C/C=C\C/C=C\CCCCC(=O)OCC(COC(=O)CCCCCCCCCCC/C=C\CCCCCCCCCC)OC(=O)CCCCCCCCCC/C=C\C/C=C\C/C=C\C/C=C\CC. The third-order valence-corrected chi connectivity index (χ3v) is 14.1. The number of esters is 3. The molecule has 81 heavy (non-hydrogen) atoms. The molecule has 0 N–H and O–H groups in total. The Bertz CT molecular complexity index is 1720. The number of carbonyl (C=O) groups excluding carboxylic acids is 3. The smallest absolute Gasteiger partial charge is 0.306 e. The van der Waals surface area contributed by atoms with E-state index in [2.05, 4.69) is 154 Å². The highest BCUT2D eigenvalue weighted by Gasteiger charge is 2.19. The number of allylic oxidation sites excluding steroid dienone is 22. The lowest BCUT2D eigenvalue weighted by molar-refractivity contribution is -0.167. The van der Waals surface area contributed by atoms with Crippen molar-refractivity contribution in [2.24, 2.45) is 0 Å². The molecule has 0 rings (SSSR count). The van der Waals surface area contributed by atoms with Crippen LogP contribution in [-0.2, 0) is 28.6 Å². The van der Waals surface area contributed by atoms with Crippen LogP contribution in [0.4, 0.5) is 0 Å². The van der Waals surface area contributed by atoms with Crippen LogP contribution in [0, 0.1) is 0 Å². The first-order chi connectivity index (χ1) is 40.0. The lowest BCUT2D eigenvalue weighted by atomic mass is 10.1. The van der Waals surface area contributed by atoms with E-state index in [9.17, 15) is 14.4 Å². The molecule has 0 saturated carbocycles. The van der Waals surface area contributed by atoms with Gasteiger partial charge in [-0.15, -0.1) is 0 Å². The number of carbonyl (C=O) groups is 3. The molecule has 0 radical (unpaired) electrons. The van der Waals surface area contributed by atoms with Gasteiger partial charge < -0.3 is 14.2 Å². The van der Waals surface area contributed by atoms with Crippen LogP contribution in [0.2, 0.25) is 0 Å². The Labute approximate surface area is 500 Å². The monoisotopic (exact) mass is 1120 g/mol. The van der Waals surface area contributed by atoms with Gasteiger partial charge in [0.15, 0.2) is 6.10 Å². The van der Waals surface area contributed by atoms with Gasteiger partial charge in [-0.3, -0.25) is 14.4 Å². The van der Waals surface area contributed by atoms with Gasteiger partial charge >= 0.3 is 17.9 Å². The van der Waals surface area contributed by atoms with E-state index >= 15 is 0 Å². The van der Waals surface area contributed by atoms with Crippen molar-refractivity contribution in [3.8, 4) is 0 Å². The Kier molecular flexibility index (Phi) is 64.3. The molecule has 1 atom stereocenters. The van der Waals surface area contributed by atoms with Gasteiger partial charge in [-0.1, -0.05) is 283 Å². The number of rotatable bonds is 60. The summed E-state index contributed by atoms with van der Waals surface area (Å²) in [5, 5.41) is 0. The molecule has 6 nitrogen and oxygen atoms in total. The fraction of sp³-hybridized carbons (Fsp3) is 0.667. The Hall–Kier alpha value is -4.45. The molecule has 0 aromatic rings. The third-order valence-electron chi connectivity index (χ3n) is 14.1. The summed E-state index contributed by atoms with van der Waals surface area (Å²) < 4.78 is 16.9. The van der Waals surface area contributed by atoms with E-state index in [1.807, 2.05) is 0 Å². The molecule has 0 aliphatic carbocycles. The fourth-order valence-electron chi connectivity index (χ4n) is 9.14. The molecular weight excluding hydrogens is 997 g/mol. The summed E-state index contributed by atoms with van der Waals surface area (Å²) in [6, 6.07) is 0. The molecule has 0 aromatic carbocycles. The molecule has 0 aliphatic rings. The van der Waals surface area contributed by atoms with Crippen molar-refractivity contribution in [1.29, 1.82) is 0 Å². The minimum absolute atomic E-state index is 0.0993. The van der Waals surface area contributed by atoms with E-state index in [1.54, 1.807) is 0 Å². The first-order valence-electron chi connectivity index (χ1n) is 33.7. The van der Waals surface area contributed by atoms with E-state index in [0.29, 0.717) is 25.7 Å². The van der Waals surface area contributed by atoms with Gasteiger partial charge in [0.2, 0.25) is 0 Å². The second-order valence-corrected chi connectivity index (χ2v) is 22.0. The molecule has 0 amide bonds. The van der Waals surface area contributed by atoms with Crippen LogP contribution < -0.4 is 0 Å². The average molecular weight is 1120 g/mol. The molecule has 6 heteroatoms. The van der Waals surface area contributed by atoms with Gasteiger partial charge in [0.1, 0.15) is 13.2 Å². The number of hydrogen-bond acceptors (Lipinski definition) is 6. The Morgan fingerprint density at radius 3 is 0.790 bits per heavy atom. The van der Waals surface area contributed by atoms with Crippen LogP contribution >= 0.6 is 0 Å². The lowest BCUT2D eigenvalue weighted by Crippen LogP contribution is -2.30. The minimum atomic E-state index is -0.809. The van der Waals surface area contributed by atoms with Crippen molar-refractivity contribution in [2.75, 3.05) is 13.2 Å². The molecule has 0 aliphatic heterocycles. The van der Waals surface area contributed by atoms with Gasteiger partial charge in [-0.05, 0) is 135 Å². The third kappa shape index (κ3) is 66.2. The second kappa shape index (κ2) is 68.1. The van der Waals surface area contributed by atoms with E-state index < -0.39 is 6.10 Å². The largest absolute Gasteiger partial charge is 0.462 e. The van der Waals surface area contributed by atoms with Gasteiger partial charge in [-0.25, -0.2) is 0 Å². The van der Waals surface area contributed by atoms with Crippen LogP contribution in [0.1, 0.15) is 303 Å². The summed E-state index contributed by atoms with van der Waals surface area (Å²) in [6.07, 6.45) is 96.0. The predicted octanol–water partition coefficient (Wildman–Crippen LogP) is 23.3. The number of hydrogen-bond donors (Lipinski definition) is 0. The minimum Gasteiger partial charge on any atom is -0.462 e. The maximum Gasteiger partial charge on any atom is 0.306 e. The van der Waals surface area contributed by atoms with Crippen molar-refractivity contribution in [1.82, 2.24) is 0 Å². The highest BCUT2D eigenvalue weighted by Crippen LogP contribution is 2.16. The first kappa shape index (κ1) is 76.5. The van der Waals surface area contributed by atoms with Crippen LogP contribution in [0.3, 0.4) is 0 Å². The molecule has 0 bridgehead atoms. The van der Waals surface area contributed by atoms with E-state index in [1.165, 1.54) is 135 Å². The van der Waals surface area contributed by atoms with E-state index in [4.69, 9.17) is 14.2 Å². The van der Waals surface area contributed by atoms with Crippen LogP contribution in [-0.4, -0.2) is 37.2 Å². The molecule has 0 aromatic heterocycles. The first-order valence-corrected chi connectivity index (χ1v) is 33.7. The zero-order chi connectivity index (χ0) is 58.5. The normalized spacial score (nSPS) is 13.0. The van der Waals surface area contributed by atoms with Gasteiger partial charge in [-0.2, -0.15) is 0 Å². The average Bonchev–Trinajstić information content (AvgIpc) is 3.47. The van der Waals surface area contributed by atoms with Crippen molar-refractivity contribution in [3.05, 3.63) is 134 Å². The van der Waals surface area contributed by atoms with Gasteiger partial charge in [0, 0.05) is 19.3 Å². The van der Waals surface area contributed by atoms with Crippen LogP contribution in [0.15, 0.2) is 134 Å². The fourth-order valence-corrected chi connectivity index (χ4v) is 9.14. The second-order valence-electron chi connectivity index (χ2n) is 22.0. The zero-order valence-electron chi connectivity index (χ0n) is 52.8. The van der Waals surface area contributed by atoms with Gasteiger partial charge in [0.05, 0.1) is 0 Å². The van der Waals surface area contributed by atoms with E-state index in [0.717, 1.165) is 122 Å². The molecule has 1 unspecified atom stereocenters. The Morgan fingerprint density at radius 2 is 0.481 bits per heavy atom. The molecule has 460 valence electrons. The zero-order valence-corrected chi connectivity index (χ0v) is 52.8. The number of ether oxygens (including phenoxy) is 3. The molecule has 0 saturated heterocycles. The van der Waals surface area contributed by atoms with Crippen molar-refractivity contribution >= 4 is 17.9 Å². The van der Waals surface area contributed by atoms with E-state index in [-0.39, 0.29) is 31.1 Å². The number of unbranched alkanes of at least 4 members (excludes halogenated alkanes) is 27. The highest BCUT2D eigenvalue weighted by molar-refractivity contribution is 5.71. The molecule has 0 heterocycles. The summed E-state index contributed by atoms with van der Waals surface area (Å²) >= 11 is 0. The summed E-state index contributed by atoms with van der Waals surface area (Å²) in [7, 11) is 0. The quantitative estimate of drug-likeness (QED) is 0.0261. The topological polar surface area (TPSA) is 78.9 Å². The summed E-state index contributed by atoms with van der Waals surface area (Å²) in [5.74, 6) is -0.949. The summed E-state index contributed by atoms with van der Waals surface area (Å²) in [5.41, 5.74) is 0. The van der Waals surface area contributed by atoms with Crippen molar-refractivity contribution < 1.29 is 28.6 Å².